The molecule has 71 valence electrons. The van der Waals surface area contributed by atoms with Crippen molar-refractivity contribution in [2.75, 3.05) is 0 Å². The summed E-state index contributed by atoms with van der Waals surface area (Å²) in [5, 5.41) is 5.83. The summed E-state index contributed by atoms with van der Waals surface area (Å²) in [4.78, 5) is 0. The molecule has 1 aromatic carbocycles. The van der Waals surface area contributed by atoms with Gasteiger partial charge in [-0.05, 0) is 37.3 Å². The van der Waals surface area contributed by atoms with Gasteiger partial charge in [0.15, 0.2) is 0 Å². The summed E-state index contributed by atoms with van der Waals surface area (Å²) in [6.45, 7) is 3.07. The minimum absolute atomic E-state index is 0.688. The lowest BCUT2D eigenvalue weighted by Crippen LogP contribution is -1.92. The number of benzene rings is 1. The first-order valence-electron chi connectivity index (χ1n) is 5.18. The van der Waals surface area contributed by atoms with Crippen molar-refractivity contribution in [1.29, 1.82) is 0 Å². The first-order valence-corrected chi connectivity index (χ1v) is 5.18. The number of fused-ring (bicyclic) bond motifs is 1. The molecular formula is C12H13N2. The van der Waals surface area contributed by atoms with Crippen LogP contribution in [0, 0.1) is 6.42 Å². The molecule has 2 heteroatoms. The van der Waals surface area contributed by atoms with E-state index in [1.54, 1.807) is 0 Å². The van der Waals surface area contributed by atoms with Crippen molar-refractivity contribution in [3.05, 3.63) is 36.4 Å². The molecule has 1 unspecified atom stereocenters. The fraction of sp³-hybridized carbons (Fsp3) is 0.333. The Hall–Kier alpha value is -1.31. The molecule has 14 heavy (non-hydrogen) atoms. The second kappa shape index (κ2) is 2.84. The van der Waals surface area contributed by atoms with E-state index in [0.717, 1.165) is 12.1 Å². The molecule has 0 amide bonds. The highest BCUT2D eigenvalue weighted by Crippen LogP contribution is 2.41. The number of rotatable bonds is 2. The van der Waals surface area contributed by atoms with E-state index >= 15 is 0 Å². The van der Waals surface area contributed by atoms with Gasteiger partial charge >= 0.3 is 0 Å². The van der Waals surface area contributed by atoms with Gasteiger partial charge in [-0.1, -0.05) is 12.1 Å². The second-order valence-electron chi connectivity index (χ2n) is 3.84. The second-order valence-corrected chi connectivity index (χ2v) is 3.84. The Bertz CT molecular complexity index is 466. The normalized spacial score (nSPS) is 16.4. The molecule has 1 aromatic heterocycles. The molecule has 1 heterocycles. The molecule has 0 saturated heterocycles. The van der Waals surface area contributed by atoms with Crippen molar-refractivity contribution in [3.63, 3.8) is 0 Å². The Morgan fingerprint density at radius 1 is 1.50 bits per heavy atom. The zero-order chi connectivity index (χ0) is 9.54. The van der Waals surface area contributed by atoms with Gasteiger partial charge in [0.2, 0.25) is 0 Å². The lowest BCUT2D eigenvalue weighted by molar-refractivity contribution is 0.668. The highest BCUT2D eigenvalue weighted by Gasteiger charge is 2.26. The molecule has 2 aromatic rings. The SMILES string of the molecule is CCn1cc2c(C3[CH]C3)cccc2n1. The van der Waals surface area contributed by atoms with Crippen LogP contribution in [-0.2, 0) is 6.54 Å². The van der Waals surface area contributed by atoms with Crippen LogP contribution in [0.1, 0.15) is 24.8 Å². The molecule has 0 spiro atoms. The number of aromatic nitrogens is 2. The molecule has 1 radical (unpaired) electrons. The van der Waals surface area contributed by atoms with Crippen LogP contribution in [0.15, 0.2) is 24.4 Å². The summed E-state index contributed by atoms with van der Waals surface area (Å²) in [6.07, 6.45) is 5.74. The Balaban J connectivity index is 2.23. The number of hydrogen-bond donors (Lipinski definition) is 0. The maximum absolute atomic E-state index is 4.50. The van der Waals surface area contributed by atoms with Crippen LogP contribution in [0.5, 0.6) is 0 Å². The third-order valence-corrected chi connectivity index (χ3v) is 2.83. The Morgan fingerprint density at radius 3 is 3.07 bits per heavy atom. The zero-order valence-electron chi connectivity index (χ0n) is 8.27. The lowest BCUT2D eigenvalue weighted by Gasteiger charge is -1.97. The van der Waals surface area contributed by atoms with Gasteiger partial charge in [0, 0.05) is 18.1 Å². The van der Waals surface area contributed by atoms with Crippen LogP contribution in [-0.4, -0.2) is 9.78 Å². The quantitative estimate of drug-likeness (QED) is 0.703. The van der Waals surface area contributed by atoms with Crippen molar-refractivity contribution in [1.82, 2.24) is 9.78 Å². The van der Waals surface area contributed by atoms with Gasteiger partial charge in [-0.2, -0.15) is 5.10 Å². The van der Waals surface area contributed by atoms with E-state index in [2.05, 4.69) is 42.8 Å². The Kier molecular flexibility index (Phi) is 1.63. The van der Waals surface area contributed by atoms with Gasteiger partial charge in [0.1, 0.15) is 0 Å². The summed E-state index contributed by atoms with van der Waals surface area (Å²) >= 11 is 0. The van der Waals surface area contributed by atoms with Gasteiger partial charge in [-0.15, -0.1) is 0 Å². The van der Waals surface area contributed by atoms with E-state index in [9.17, 15) is 0 Å². The standard InChI is InChI=1S/C12H13N2/c1-2-14-8-11-10(9-6-7-9)4-3-5-12(11)13-14/h3-6,8-9H,2,7H2,1H3. The maximum Gasteiger partial charge on any atom is 0.0926 e. The first kappa shape index (κ1) is 8.04. The van der Waals surface area contributed by atoms with Crippen LogP contribution < -0.4 is 0 Å². The third-order valence-electron chi connectivity index (χ3n) is 2.83. The van der Waals surface area contributed by atoms with Crippen molar-refractivity contribution in [2.24, 2.45) is 0 Å². The van der Waals surface area contributed by atoms with Crippen molar-refractivity contribution in [2.45, 2.75) is 25.8 Å². The van der Waals surface area contributed by atoms with E-state index in [4.69, 9.17) is 0 Å². The smallest absolute Gasteiger partial charge is 0.0926 e. The molecule has 0 aliphatic heterocycles. The predicted octanol–water partition coefficient (Wildman–Crippen LogP) is 2.75. The molecule has 1 saturated carbocycles. The zero-order valence-corrected chi connectivity index (χ0v) is 8.27. The highest BCUT2D eigenvalue weighted by atomic mass is 15.3. The van der Waals surface area contributed by atoms with Gasteiger partial charge in [-0.3, -0.25) is 4.68 Å². The molecule has 0 bridgehead atoms. The third kappa shape index (κ3) is 1.14. The van der Waals surface area contributed by atoms with E-state index in [1.807, 2.05) is 4.68 Å². The average Bonchev–Trinajstić information content (AvgIpc) is 2.96. The van der Waals surface area contributed by atoms with Crippen molar-refractivity contribution >= 4 is 10.9 Å². The Labute approximate surface area is 83.5 Å². The van der Waals surface area contributed by atoms with E-state index in [-0.39, 0.29) is 0 Å². The van der Waals surface area contributed by atoms with Crippen LogP contribution in [0.2, 0.25) is 0 Å². The molecule has 1 aliphatic carbocycles. The van der Waals surface area contributed by atoms with E-state index in [1.165, 1.54) is 17.4 Å². The molecule has 1 fully saturated rings. The topological polar surface area (TPSA) is 17.8 Å². The summed E-state index contributed by atoms with van der Waals surface area (Å²) < 4.78 is 2.01. The maximum atomic E-state index is 4.50. The van der Waals surface area contributed by atoms with Crippen molar-refractivity contribution in [3.8, 4) is 0 Å². The van der Waals surface area contributed by atoms with Crippen LogP contribution >= 0.6 is 0 Å². The minimum Gasteiger partial charge on any atom is -0.272 e. The van der Waals surface area contributed by atoms with Crippen LogP contribution in [0.4, 0.5) is 0 Å². The lowest BCUT2D eigenvalue weighted by atomic mass is 10.1. The average molecular weight is 185 g/mol. The highest BCUT2D eigenvalue weighted by molar-refractivity contribution is 5.83. The molecule has 3 rings (SSSR count). The molecular weight excluding hydrogens is 172 g/mol. The first-order chi connectivity index (χ1) is 6.88. The predicted molar refractivity (Wildman–Crippen MR) is 57.1 cm³/mol. The van der Waals surface area contributed by atoms with Crippen LogP contribution in [0.25, 0.3) is 10.9 Å². The number of aryl methyl sites for hydroxylation is 1. The number of hydrogen-bond acceptors (Lipinski definition) is 1. The van der Waals surface area contributed by atoms with Gasteiger partial charge in [-0.25, -0.2) is 0 Å². The monoisotopic (exact) mass is 185 g/mol. The summed E-state index contributed by atoms with van der Waals surface area (Å²) in [6, 6.07) is 6.42. The summed E-state index contributed by atoms with van der Waals surface area (Å²) in [7, 11) is 0. The van der Waals surface area contributed by atoms with Gasteiger partial charge in [0.25, 0.3) is 0 Å². The summed E-state index contributed by atoms with van der Waals surface area (Å²) in [5.41, 5.74) is 2.58. The van der Waals surface area contributed by atoms with E-state index < -0.39 is 0 Å². The van der Waals surface area contributed by atoms with Gasteiger partial charge < -0.3 is 0 Å². The molecule has 1 aliphatic rings. The van der Waals surface area contributed by atoms with E-state index in [0.29, 0.717) is 5.92 Å². The fourth-order valence-electron chi connectivity index (χ4n) is 1.92. The molecule has 2 nitrogen and oxygen atoms in total. The minimum atomic E-state index is 0.688. The molecule has 0 N–H and O–H groups in total. The van der Waals surface area contributed by atoms with Crippen molar-refractivity contribution < 1.29 is 0 Å². The van der Waals surface area contributed by atoms with Crippen LogP contribution in [0.3, 0.4) is 0 Å². The largest absolute Gasteiger partial charge is 0.272 e. The summed E-state index contributed by atoms with van der Waals surface area (Å²) in [5.74, 6) is 0.688. The Morgan fingerprint density at radius 2 is 2.36 bits per heavy atom. The number of nitrogens with zero attached hydrogens (tertiary/aromatic N) is 2. The molecule has 1 atom stereocenters. The van der Waals surface area contributed by atoms with Gasteiger partial charge in [0.05, 0.1) is 5.52 Å². The fourth-order valence-corrected chi connectivity index (χ4v) is 1.92.